The van der Waals surface area contributed by atoms with Crippen LogP contribution in [-0.2, 0) is 0 Å². The number of hydrogen-bond acceptors (Lipinski definition) is 1. The lowest BCUT2D eigenvalue weighted by molar-refractivity contribution is 0.102. The lowest BCUT2D eigenvalue weighted by Crippen LogP contribution is -2.14. The second-order valence-corrected chi connectivity index (χ2v) is 6.81. The van der Waals surface area contributed by atoms with Crippen LogP contribution in [0.25, 0.3) is 0 Å². The van der Waals surface area contributed by atoms with Crippen LogP contribution in [0, 0.1) is 17.4 Å². The van der Waals surface area contributed by atoms with Gasteiger partial charge in [-0.3, -0.25) is 4.79 Å². The normalized spacial score (nSPS) is 10.4. The van der Waals surface area contributed by atoms with Gasteiger partial charge >= 0.3 is 0 Å². The summed E-state index contributed by atoms with van der Waals surface area (Å²) in [6, 6.07) is 9.31. The number of hydrogen-bond donors (Lipinski definition) is 1. The Morgan fingerprint density at radius 3 is 2.65 bits per heavy atom. The average molecular weight is 465 g/mol. The monoisotopic (exact) mass is 463 g/mol. The minimum atomic E-state index is -0.140. The molecular formula is C15H12BrClINO. The topological polar surface area (TPSA) is 29.1 Å². The van der Waals surface area contributed by atoms with Crippen LogP contribution in [0.3, 0.4) is 0 Å². The molecule has 2 aromatic rings. The van der Waals surface area contributed by atoms with Crippen LogP contribution in [-0.4, -0.2) is 5.91 Å². The molecule has 1 amide bonds. The van der Waals surface area contributed by atoms with Gasteiger partial charge in [0.15, 0.2) is 0 Å². The largest absolute Gasteiger partial charge is 0.321 e. The fourth-order valence-corrected chi connectivity index (χ4v) is 3.08. The molecule has 0 radical (unpaired) electrons. The van der Waals surface area contributed by atoms with Gasteiger partial charge in [-0.05, 0) is 81.7 Å². The SMILES string of the molecule is Cc1cc(Br)c(NC(=O)c2cccc(C)c2I)cc1Cl. The molecule has 0 unspecified atom stereocenters. The first-order valence-corrected chi connectivity index (χ1v) is 8.17. The predicted molar refractivity (Wildman–Crippen MR) is 95.7 cm³/mol. The second kappa shape index (κ2) is 6.45. The molecular weight excluding hydrogens is 452 g/mol. The highest BCUT2D eigenvalue weighted by Crippen LogP contribution is 2.30. The molecule has 0 spiro atoms. The second-order valence-electron chi connectivity index (χ2n) is 4.47. The summed E-state index contributed by atoms with van der Waals surface area (Å²) in [5.74, 6) is -0.140. The van der Waals surface area contributed by atoms with Crippen molar-refractivity contribution in [3.05, 3.63) is 60.1 Å². The van der Waals surface area contributed by atoms with Crippen LogP contribution < -0.4 is 5.32 Å². The third-order valence-electron chi connectivity index (χ3n) is 2.93. The Hall–Kier alpha value is -0.590. The van der Waals surface area contributed by atoms with Crippen molar-refractivity contribution >= 4 is 61.7 Å². The van der Waals surface area contributed by atoms with Crippen molar-refractivity contribution in [2.45, 2.75) is 13.8 Å². The minimum Gasteiger partial charge on any atom is -0.321 e. The quantitative estimate of drug-likeness (QED) is 0.578. The molecule has 2 rings (SSSR count). The van der Waals surface area contributed by atoms with Crippen LogP contribution in [0.5, 0.6) is 0 Å². The van der Waals surface area contributed by atoms with Gasteiger partial charge in [0.1, 0.15) is 0 Å². The standard InChI is InChI=1S/C15H12BrClINO/c1-8-4-3-5-10(14(8)18)15(20)19-13-7-12(17)9(2)6-11(13)16/h3-7H,1-2H3,(H,19,20). The van der Waals surface area contributed by atoms with Crippen LogP contribution in [0.2, 0.25) is 5.02 Å². The van der Waals surface area contributed by atoms with E-state index in [0.29, 0.717) is 16.3 Å². The van der Waals surface area contributed by atoms with Crippen molar-refractivity contribution in [2.24, 2.45) is 0 Å². The number of carbonyl (C=O) groups is 1. The van der Waals surface area contributed by atoms with E-state index in [1.54, 1.807) is 6.07 Å². The van der Waals surface area contributed by atoms with E-state index in [1.165, 1.54) is 0 Å². The summed E-state index contributed by atoms with van der Waals surface area (Å²) in [7, 11) is 0. The van der Waals surface area contributed by atoms with Gasteiger partial charge in [0.05, 0.1) is 11.3 Å². The summed E-state index contributed by atoms with van der Waals surface area (Å²) >= 11 is 11.7. The van der Waals surface area contributed by atoms with Gasteiger partial charge in [-0.25, -0.2) is 0 Å². The summed E-state index contributed by atoms with van der Waals surface area (Å²) < 4.78 is 1.77. The van der Waals surface area contributed by atoms with E-state index in [2.05, 4.69) is 43.8 Å². The van der Waals surface area contributed by atoms with Crippen LogP contribution >= 0.6 is 50.1 Å². The number of nitrogens with one attached hydrogen (secondary N) is 1. The van der Waals surface area contributed by atoms with Gasteiger partial charge in [-0.2, -0.15) is 0 Å². The fourth-order valence-electron chi connectivity index (χ4n) is 1.75. The lowest BCUT2D eigenvalue weighted by Gasteiger charge is -2.11. The number of aryl methyl sites for hydroxylation is 2. The fraction of sp³-hybridized carbons (Fsp3) is 0.133. The molecule has 0 saturated carbocycles. The van der Waals surface area contributed by atoms with Gasteiger partial charge < -0.3 is 5.32 Å². The molecule has 20 heavy (non-hydrogen) atoms. The lowest BCUT2D eigenvalue weighted by atomic mass is 10.1. The van der Waals surface area contributed by atoms with Crippen molar-refractivity contribution in [2.75, 3.05) is 5.32 Å². The number of benzene rings is 2. The molecule has 0 aliphatic carbocycles. The molecule has 0 atom stereocenters. The summed E-state index contributed by atoms with van der Waals surface area (Å²) in [5.41, 5.74) is 3.37. The van der Waals surface area contributed by atoms with E-state index in [0.717, 1.165) is 19.2 Å². The minimum absolute atomic E-state index is 0.140. The molecule has 0 fully saturated rings. The first kappa shape index (κ1) is 15.8. The summed E-state index contributed by atoms with van der Waals surface area (Å²) in [6.45, 7) is 3.90. The molecule has 0 aromatic heterocycles. The Balaban J connectivity index is 2.33. The van der Waals surface area contributed by atoms with Gasteiger partial charge in [0, 0.05) is 13.1 Å². The summed E-state index contributed by atoms with van der Waals surface area (Å²) in [5, 5.41) is 3.51. The number of rotatable bonds is 2. The van der Waals surface area contributed by atoms with Crippen molar-refractivity contribution in [1.29, 1.82) is 0 Å². The van der Waals surface area contributed by atoms with Crippen LogP contribution in [0.15, 0.2) is 34.8 Å². The number of anilines is 1. The van der Waals surface area contributed by atoms with Crippen LogP contribution in [0.4, 0.5) is 5.69 Å². The number of halogens is 3. The molecule has 1 N–H and O–H groups in total. The van der Waals surface area contributed by atoms with Crippen molar-refractivity contribution in [3.63, 3.8) is 0 Å². The molecule has 0 aliphatic heterocycles. The maximum Gasteiger partial charge on any atom is 0.256 e. The Labute approximate surface area is 145 Å². The molecule has 0 heterocycles. The first-order valence-electron chi connectivity index (χ1n) is 5.92. The van der Waals surface area contributed by atoms with Gasteiger partial charge in [0.2, 0.25) is 0 Å². The molecule has 2 aromatic carbocycles. The highest BCUT2D eigenvalue weighted by atomic mass is 127. The van der Waals surface area contributed by atoms with E-state index in [-0.39, 0.29) is 5.91 Å². The van der Waals surface area contributed by atoms with Crippen molar-refractivity contribution in [3.8, 4) is 0 Å². The highest BCUT2D eigenvalue weighted by molar-refractivity contribution is 14.1. The molecule has 0 bridgehead atoms. The van der Waals surface area contributed by atoms with E-state index in [4.69, 9.17) is 11.6 Å². The summed E-state index contributed by atoms with van der Waals surface area (Å²) in [6.07, 6.45) is 0. The van der Waals surface area contributed by atoms with E-state index in [1.807, 2.05) is 38.1 Å². The average Bonchev–Trinajstić information content (AvgIpc) is 2.39. The van der Waals surface area contributed by atoms with Gasteiger partial charge in [-0.15, -0.1) is 0 Å². The number of amides is 1. The Morgan fingerprint density at radius 1 is 1.25 bits per heavy atom. The Bertz CT molecular complexity index is 688. The first-order chi connectivity index (χ1) is 9.40. The predicted octanol–water partition coefficient (Wildman–Crippen LogP) is 5.58. The van der Waals surface area contributed by atoms with Crippen molar-refractivity contribution in [1.82, 2.24) is 0 Å². The Kier molecular flexibility index (Phi) is 5.09. The summed E-state index contributed by atoms with van der Waals surface area (Å²) in [4.78, 5) is 12.4. The van der Waals surface area contributed by atoms with Gasteiger partial charge in [0.25, 0.3) is 5.91 Å². The third kappa shape index (κ3) is 3.35. The zero-order chi connectivity index (χ0) is 14.9. The maximum atomic E-state index is 12.4. The van der Waals surface area contributed by atoms with E-state index in [9.17, 15) is 4.79 Å². The molecule has 2 nitrogen and oxygen atoms in total. The Morgan fingerprint density at radius 2 is 1.95 bits per heavy atom. The smallest absolute Gasteiger partial charge is 0.256 e. The number of carbonyl (C=O) groups excluding carboxylic acids is 1. The zero-order valence-electron chi connectivity index (χ0n) is 10.9. The molecule has 0 saturated heterocycles. The third-order valence-corrected chi connectivity index (χ3v) is 5.43. The maximum absolute atomic E-state index is 12.4. The van der Waals surface area contributed by atoms with Gasteiger partial charge in [-0.1, -0.05) is 23.7 Å². The zero-order valence-corrected chi connectivity index (χ0v) is 15.4. The van der Waals surface area contributed by atoms with E-state index < -0.39 is 0 Å². The van der Waals surface area contributed by atoms with Crippen molar-refractivity contribution < 1.29 is 4.79 Å². The molecule has 104 valence electrons. The molecule has 0 aliphatic rings. The van der Waals surface area contributed by atoms with Crippen LogP contribution in [0.1, 0.15) is 21.5 Å². The van der Waals surface area contributed by atoms with E-state index >= 15 is 0 Å². The highest BCUT2D eigenvalue weighted by Gasteiger charge is 2.13. The molecule has 5 heteroatoms.